The van der Waals surface area contributed by atoms with Gasteiger partial charge in [0.25, 0.3) is 0 Å². The molecule has 1 aromatic carbocycles. The van der Waals surface area contributed by atoms with Gasteiger partial charge in [-0.2, -0.15) is 0 Å². The maximum absolute atomic E-state index is 11.5. The lowest BCUT2D eigenvalue weighted by Gasteiger charge is -2.02. The standard InChI is InChI=1S/C15H11BrN4O2.C10H23N/c16-10-7-18-15(17)20-13(10)11-6-9(14(21)22)12(19-11)8-4-2-1-3-5-8;1-2-3-4-5-6-7-8-9-10-11/h1-7,19H,(H,21,22)(H2,17,18,20);2-11H2,1H3. The first kappa shape index (κ1) is 26.5. The van der Waals surface area contributed by atoms with Gasteiger partial charge in [-0.15, -0.1) is 0 Å². The predicted molar refractivity (Wildman–Crippen MR) is 138 cm³/mol. The molecule has 0 radical (unpaired) electrons. The van der Waals surface area contributed by atoms with Crippen LogP contribution in [-0.4, -0.2) is 32.6 Å². The number of rotatable bonds is 11. The molecule has 0 bridgehead atoms. The molecule has 0 spiro atoms. The van der Waals surface area contributed by atoms with Crippen molar-refractivity contribution in [2.45, 2.75) is 58.3 Å². The van der Waals surface area contributed by atoms with Crippen LogP contribution in [0.1, 0.15) is 68.6 Å². The van der Waals surface area contributed by atoms with Gasteiger partial charge in [-0.25, -0.2) is 14.8 Å². The fourth-order valence-electron chi connectivity index (χ4n) is 3.43. The molecular weight excluding hydrogens is 482 g/mol. The van der Waals surface area contributed by atoms with Gasteiger partial charge in [-0.1, -0.05) is 82.2 Å². The molecule has 0 aliphatic heterocycles. The van der Waals surface area contributed by atoms with Gasteiger partial charge in [0.1, 0.15) is 5.69 Å². The van der Waals surface area contributed by atoms with E-state index in [1.54, 1.807) is 0 Å². The van der Waals surface area contributed by atoms with Gasteiger partial charge in [0, 0.05) is 6.20 Å². The van der Waals surface area contributed by atoms with Crippen molar-refractivity contribution in [3.05, 3.63) is 52.6 Å². The van der Waals surface area contributed by atoms with E-state index in [9.17, 15) is 9.90 Å². The summed E-state index contributed by atoms with van der Waals surface area (Å²) in [5.41, 5.74) is 13.5. The van der Waals surface area contributed by atoms with Gasteiger partial charge in [0.15, 0.2) is 0 Å². The van der Waals surface area contributed by atoms with Crippen LogP contribution in [0.15, 0.2) is 47.1 Å². The highest BCUT2D eigenvalue weighted by atomic mass is 79.9. The number of halogens is 1. The Hall–Kier alpha value is -2.71. The van der Waals surface area contributed by atoms with E-state index in [4.69, 9.17) is 11.5 Å². The molecule has 0 aliphatic carbocycles. The van der Waals surface area contributed by atoms with Crippen LogP contribution in [0, 0.1) is 0 Å². The zero-order valence-electron chi connectivity index (χ0n) is 19.2. The van der Waals surface area contributed by atoms with Gasteiger partial charge in [0.05, 0.1) is 21.4 Å². The van der Waals surface area contributed by atoms with E-state index in [1.165, 1.54) is 63.6 Å². The first-order valence-electron chi connectivity index (χ1n) is 11.5. The largest absolute Gasteiger partial charge is 0.478 e. The quantitative estimate of drug-likeness (QED) is 0.222. The van der Waals surface area contributed by atoms with E-state index >= 15 is 0 Å². The van der Waals surface area contributed by atoms with E-state index in [0.717, 1.165) is 12.1 Å². The number of anilines is 1. The molecule has 0 amide bonds. The molecule has 2 aromatic heterocycles. The van der Waals surface area contributed by atoms with E-state index < -0.39 is 5.97 Å². The summed E-state index contributed by atoms with van der Waals surface area (Å²) in [6.45, 7) is 3.13. The molecule has 178 valence electrons. The minimum absolute atomic E-state index is 0.117. The van der Waals surface area contributed by atoms with Crippen molar-refractivity contribution in [3.8, 4) is 22.6 Å². The van der Waals surface area contributed by atoms with Gasteiger partial charge >= 0.3 is 5.97 Å². The van der Waals surface area contributed by atoms with Crippen molar-refractivity contribution in [1.29, 1.82) is 0 Å². The highest BCUT2D eigenvalue weighted by Crippen LogP contribution is 2.31. The number of aromatic carboxylic acids is 1. The zero-order chi connectivity index (χ0) is 24.1. The van der Waals surface area contributed by atoms with Gasteiger partial charge < -0.3 is 21.6 Å². The maximum Gasteiger partial charge on any atom is 0.337 e. The summed E-state index contributed by atoms with van der Waals surface area (Å²) in [6, 6.07) is 10.8. The van der Waals surface area contributed by atoms with Crippen molar-refractivity contribution >= 4 is 27.8 Å². The summed E-state index contributed by atoms with van der Waals surface area (Å²) < 4.78 is 0.625. The topological polar surface area (TPSA) is 131 Å². The third-order valence-corrected chi connectivity index (χ3v) is 5.77. The molecule has 0 saturated heterocycles. The number of aromatic amines is 1. The third-order valence-electron chi connectivity index (χ3n) is 5.19. The number of benzene rings is 1. The Morgan fingerprint density at radius 2 is 1.70 bits per heavy atom. The van der Waals surface area contributed by atoms with Crippen LogP contribution < -0.4 is 11.5 Å². The van der Waals surface area contributed by atoms with Crippen LogP contribution in [0.4, 0.5) is 5.95 Å². The fraction of sp³-hybridized carbons (Fsp3) is 0.400. The van der Waals surface area contributed by atoms with Gasteiger partial charge in [-0.05, 0) is 40.5 Å². The average Bonchev–Trinajstić information content (AvgIpc) is 3.27. The minimum Gasteiger partial charge on any atom is -0.478 e. The molecule has 3 aromatic rings. The Morgan fingerprint density at radius 1 is 1.06 bits per heavy atom. The minimum atomic E-state index is -1.01. The van der Waals surface area contributed by atoms with Crippen molar-refractivity contribution < 1.29 is 9.90 Å². The van der Waals surface area contributed by atoms with E-state index in [0.29, 0.717) is 21.6 Å². The Balaban J connectivity index is 0.000000299. The van der Waals surface area contributed by atoms with Crippen LogP contribution in [0.3, 0.4) is 0 Å². The number of nitrogens with zero attached hydrogens (tertiary/aromatic N) is 2. The van der Waals surface area contributed by atoms with Crippen molar-refractivity contribution in [3.63, 3.8) is 0 Å². The van der Waals surface area contributed by atoms with Crippen molar-refractivity contribution in [2.75, 3.05) is 12.3 Å². The number of aromatic nitrogens is 3. The number of carboxylic acid groups (broad SMARTS) is 1. The lowest BCUT2D eigenvalue weighted by molar-refractivity contribution is 0.0698. The van der Waals surface area contributed by atoms with Crippen LogP contribution in [0.5, 0.6) is 0 Å². The van der Waals surface area contributed by atoms with E-state index in [1.807, 2.05) is 30.3 Å². The third kappa shape index (κ3) is 8.63. The van der Waals surface area contributed by atoms with E-state index in [-0.39, 0.29) is 11.5 Å². The number of nitrogen functional groups attached to an aromatic ring is 1. The highest BCUT2D eigenvalue weighted by Gasteiger charge is 2.18. The van der Waals surface area contributed by atoms with Crippen LogP contribution >= 0.6 is 15.9 Å². The van der Waals surface area contributed by atoms with Crippen molar-refractivity contribution in [1.82, 2.24) is 15.0 Å². The number of hydrogen-bond acceptors (Lipinski definition) is 5. The number of H-pyrrole nitrogens is 1. The number of carbonyl (C=O) groups is 1. The Labute approximate surface area is 204 Å². The second kappa shape index (κ2) is 14.4. The van der Waals surface area contributed by atoms with E-state index in [2.05, 4.69) is 37.8 Å². The predicted octanol–water partition coefficient (Wildman–Crippen LogP) is 6.27. The summed E-state index contributed by atoms with van der Waals surface area (Å²) in [5.74, 6) is -0.898. The van der Waals surface area contributed by atoms with Gasteiger partial charge in [0.2, 0.25) is 5.95 Å². The SMILES string of the molecule is CCCCCCCCCCN.Nc1ncc(Br)c(-c2cc(C(=O)O)c(-c3ccccc3)[nH]2)n1. The number of hydrogen-bond donors (Lipinski definition) is 4. The summed E-state index contributed by atoms with van der Waals surface area (Å²) in [6.07, 6.45) is 12.5. The molecule has 6 N–H and O–H groups in total. The normalized spacial score (nSPS) is 10.5. The smallest absolute Gasteiger partial charge is 0.337 e. The monoisotopic (exact) mass is 515 g/mol. The van der Waals surface area contributed by atoms with Crippen LogP contribution in [0.25, 0.3) is 22.6 Å². The van der Waals surface area contributed by atoms with Crippen molar-refractivity contribution in [2.24, 2.45) is 5.73 Å². The molecule has 2 heterocycles. The molecule has 0 atom stereocenters. The molecule has 0 unspecified atom stereocenters. The Kier molecular flexibility index (Phi) is 11.6. The molecule has 3 rings (SSSR count). The summed E-state index contributed by atoms with van der Waals surface area (Å²) in [5, 5.41) is 9.42. The number of unbranched alkanes of at least 4 members (excludes halogenated alkanes) is 7. The maximum atomic E-state index is 11.5. The van der Waals surface area contributed by atoms with Crippen LogP contribution in [-0.2, 0) is 0 Å². The Morgan fingerprint density at radius 3 is 2.30 bits per heavy atom. The summed E-state index contributed by atoms with van der Waals surface area (Å²) in [7, 11) is 0. The first-order chi connectivity index (χ1) is 16.0. The van der Waals surface area contributed by atoms with Crippen LogP contribution in [0.2, 0.25) is 0 Å². The average molecular weight is 516 g/mol. The second-order valence-electron chi connectivity index (χ2n) is 7.83. The Bertz CT molecular complexity index is 984. The molecule has 0 fully saturated rings. The highest BCUT2D eigenvalue weighted by molar-refractivity contribution is 9.10. The molecule has 7 nitrogen and oxygen atoms in total. The van der Waals surface area contributed by atoms with Gasteiger partial charge in [-0.3, -0.25) is 0 Å². The molecule has 0 saturated carbocycles. The summed E-state index contributed by atoms with van der Waals surface area (Å²) in [4.78, 5) is 22.6. The molecule has 8 heteroatoms. The lowest BCUT2D eigenvalue weighted by atomic mass is 10.1. The lowest BCUT2D eigenvalue weighted by Crippen LogP contribution is -1.97. The zero-order valence-corrected chi connectivity index (χ0v) is 20.8. The number of nitrogens with one attached hydrogen (secondary N) is 1. The number of carboxylic acids is 1. The second-order valence-corrected chi connectivity index (χ2v) is 8.69. The first-order valence-corrected chi connectivity index (χ1v) is 12.3. The summed E-state index contributed by atoms with van der Waals surface area (Å²) >= 11 is 3.35. The number of nitrogens with two attached hydrogens (primary N) is 2. The fourth-order valence-corrected chi connectivity index (χ4v) is 3.84. The molecule has 33 heavy (non-hydrogen) atoms. The molecule has 0 aliphatic rings. The molecular formula is C25H34BrN5O2.